The number of hydrogen-bond acceptors (Lipinski definition) is 7. The largest absolute Gasteiger partial charge is 0.492 e. The number of H-pyrrole nitrogens is 1. The average Bonchev–Trinajstić information content (AvgIpc) is 3.64. The first kappa shape index (κ1) is 31.7. The molecule has 2 aromatic carbocycles. The summed E-state index contributed by atoms with van der Waals surface area (Å²) >= 11 is 0. The van der Waals surface area contributed by atoms with Gasteiger partial charge in [-0.3, -0.25) is 19.2 Å². The summed E-state index contributed by atoms with van der Waals surface area (Å²) in [7, 11) is 0. The van der Waals surface area contributed by atoms with E-state index < -0.39 is 17.9 Å². The number of ketones is 1. The second-order valence-electron chi connectivity index (χ2n) is 12.3. The molecule has 6 rings (SSSR count). The molecule has 3 heterocycles. The Morgan fingerprint density at radius 1 is 1.00 bits per heavy atom. The van der Waals surface area contributed by atoms with Gasteiger partial charge in [-0.15, -0.1) is 0 Å². The third-order valence-corrected chi connectivity index (χ3v) is 8.60. The number of carbonyl (C=O) groups is 4. The zero-order valence-corrected chi connectivity index (χ0v) is 26.8. The summed E-state index contributed by atoms with van der Waals surface area (Å²) in [5.41, 5.74) is 3.43. The third kappa shape index (κ3) is 6.81. The summed E-state index contributed by atoms with van der Waals surface area (Å²) in [6.45, 7) is 6.21. The van der Waals surface area contributed by atoms with Crippen molar-refractivity contribution < 1.29 is 23.9 Å². The highest BCUT2D eigenvalue weighted by molar-refractivity contribution is 6.04. The molecule has 47 heavy (non-hydrogen) atoms. The van der Waals surface area contributed by atoms with E-state index in [1.54, 1.807) is 35.9 Å². The Morgan fingerprint density at radius 2 is 1.79 bits per heavy atom. The zero-order chi connectivity index (χ0) is 33.1. The van der Waals surface area contributed by atoms with Crippen LogP contribution in [0.4, 0.5) is 0 Å². The highest BCUT2D eigenvalue weighted by atomic mass is 16.5. The van der Waals surface area contributed by atoms with Crippen LogP contribution in [0.2, 0.25) is 0 Å². The number of nitrogens with zero attached hydrogens (tertiary/aromatic N) is 4. The number of amides is 3. The first-order valence-electron chi connectivity index (χ1n) is 16.0. The standard InChI is InChI=1S/C35H39N7O5/c1-21(2)30-33-39-32(23-9-5-4-6-10-23)40-42(33)17-18-47-25-12-7-11-24(19-25)34(45)36-15-16-41(20-28(44)38-30)35(46)31-22(3)29-26(37-31)13-8-14-27(29)43/h4-7,9-12,19,21,30,37H,8,13-18,20H2,1-3H3,(H,36,45)(H,38,44)/t30-/m0/s1. The third-order valence-electron chi connectivity index (χ3n) is 8.60. The summed E-state index contributed by atoms with van der Waals surface area (Å²) < 4.78 is 7.77. The highest BCUT2D eigenvalue weighted by Gasteiger charge is 2.31. The topological polar surface area (TPSA) is 151 Å². The summed E-state index contributed by atoms with van der Waals surface area (Å²) in [5.74, 6) is 0.406. The maximum Gasteiger partial charge on any atom is 0.271 e. The van der Waals surface area contributed by atoms with Crippen molar-refractivity contribution in [1.29, 1.82) is 0 Å². The van der Waals surface area contributed by atoms with Crippen molar-refractivity contribution >= 4 is 23.5 Å². The van der Waals surface area contributed by atoms with Gasteiger partial charge in [-0.1, -0.05) is 50.2 Å². The smallest absolute Gasteiger partial charge is 0.271 e. The van der Waals surface area contributed by atoms with E-state index in [0.717, 1.165) is 17.7 Å². The van der Waals surface area contributed by atoms with Crippen LogP contribution in [0.5, 0.6) is 5.75 Å². The van der Waals surface area contributed by atoms with Gasteiger partial charge in [0.1, 0.15) is 18.1 Å². The Morgan fingerprint density at radius 3 is 2.55 bits per heavy atom. The molecule has 244 valence electrons. The van der Waals surface area contributed by atoms with Crippen LogP contribution < -0.4 is 15.4 Å². The first-order chi connectivity index (χ1) is 22.7. The number of Topliss-reactive ketones (excluding diaryl/α,β-unsaturated/α-hetero) is 1. The van der Waals surface area contributed by atoms with Crippen molar-refractivity contribution in [2.75, 3.05) is 26.2 Å². The minimum Gasteiger partial charge on any atom is -0.492 e. The number of fused-ring (bicyclic) bond motifs is 4. The fourth-order valence-corrected chi connectivity index (χ4v) is 6.16. The van der Waals surface area contributed by atoms with Crippen molar-refractivity contribution in [3.05, 3.63) is 88.5 Å². The molecule has 0 spiro atoms. The molecule has 0 unspecified atom stereocenters. The molecule has 2 aliphatic rings. The Hall–Kier alpha value is -5.26. The maximum absolute atomic E-state index is 14.0. The van der Waals surface area contributed by atoms with Gasteiger partial charge in [0, 0.05) is 41.9 Å². The SMILES string of the molecule is Cc1c(C(=O)N2CCNC(=O)c3cccc(c3)OCCn3nc(-c4ccccc4)nc3[C@H](C(C)C)NC(=O)C2)[nH]c2c1C(=O)CCC2. The van der Waals surface area contributed by atoms with Crippen LogP contribution in [-0.2, 0) is 17.8 Å². The monoisotopic (exact) mass is 637 g/mol. The van der Waals surface area contributed by atoms with Crippen molar-refractivity contribution in [2.45, 2.75) is 52.6 Å². The van der Waals surface area contributed by atoms with Crippen molar-refractivity contribution in [3.63, 3.8) is 0 Å². The summed E-state index contributed by atoms with van der Waals surface area (Å²) in [4.78, 5) is 63.0. The van der Waals surface area contributed by atoms with Gasteiger partial charge in [0.2, 0.25) is 5.91 Å². The Bertz CT molecular complexity index is 1810. The van der Waals surface area contributed by atoms with Crippen LogP contribution in [0.15, 0.2) is 54.6 Å². The molecule has 1 aliphatic heterocycles. The van der Waals surface area contributed by atoms with Crippen LogP contribution in [-0.4, -0.2) is 74.4 Å². The number of rotatable bonds is 3. The second kappa shape index (κ2) is 13.6. The van der Waals surface area contributed by atoms with E-state index in [-0.39, 0.29) is 49.5 Å². The molecule has 1 aliphatic carbocycles. The number of carbonyl (C=O) groups excluding carboxylic acids is 4. The Labute approximate surface area is 272 Å². The molecule has 0 saturated carbocycles. The highest BCUT2D eigenvalue weighted by Crippen LogP contribution is 2.28. The van der Waals surface area contributed by atoms with Crippen LogP contribution in [0.1, 0.15) is 81.0 Å². The van der Waals surface area contributed by atoms with E-state index in [0.29, 0.717) is 53.5 Å². The Kier molecular flexibility index (Phi) is 9.19. The molecule has 12 nitrogen and oxygen atoms in total. The van der Waals surface area contributed by atoms with Gasteiger partial charge in [0.15, 0.2) is 17.4 Å². The molecule has 4 aromatic rings. The number of benzene rings is 2. The normalized spacial score (nSPS) is 17.7. The predicted molar refractivity (Wildman–Crippen MR) is 174 cm³/mol. The average molecular weight is 638 g/mol. The van der Waals surface area contributed by atoms with Crippen molar-refractivity contribution in [1.82, 2.24) is 35.3 Å². The second-order valence-corrected chi connectivity index (χ2v) is 12.3. The van der Waals surface area contributed by atoms with E-state index in [9.17, 15) is 19.2 Å². The van der Waals surface area contributed by atoms with Gasteiger partial charge in [0.25, 0.3) is 11.8 Å². The fourth-order valence-electron chi connectivity index (χ4n) is 6.16. The molecule has 0 fully saturated rings. The number of nitrogens with one attached hydrogen (secondary N) is 3. The van der Waals surface area contributed by atoms with E-state index in [2.05, 4.69) is 15.6 Å². The van der Waals surface area contributed by atoms with Crippen LogP contribution >= 0.6 is 0 Å². The molecule has 1 atom stereocenters. The van der Waals surface area contributed by atoms with E-state index in [1.807, 2.05) is 44.2 Å². The summed E-state index contributed by atoms with van der Waals surface area (Å²) in [5, 5.41) is 10.7. The van der Waals surface area contributed by atoms with Crippen LogP contribution in [0.3, 0.4) is 0 Å². The minimum absolute atomic E-state index is 0.0120. The quantitative estimate of drug-likeness (QED) is 0.309. The van der Waals surface area contributed by atoms with Gasteiger partial charge in [-0.2, -0.15) is 5.10 Å². The lowest BCUT2D eigenvalue weighted by Gasteiger charge is -2.26. The van der Waals surface area contributed by atoms with Crippen LogP contribution in [0.25, 0.3) is 11.4 Å². The number of aromatic amines is 1. The predicted octanol–water partition coefficient (Wildman–Crippen LogP) is 3.88. The maximum atomic E-state index is 14.0. The zero-order valence-electron chi connectivity index (χ0n) is 26.8. The Balaban J connectivity index is 1.35. The fraction of sp³-hybridized carbons (Fsp3) is 0.371. The van der Waals surface area contributed by atoms with Crippen LogP contribution in [0, 0.1) is 12.8 Å². The molecular formula is C35H39N7O5. The minimum atomic E-state index is -0.528. The number of aromatic nitrogens is 4. The lowest BCUT2D eigenvalue weighted by atomic mass is 9.94. The lowest BCUT2D eigenvalue weighted by molar-refractivity contribution is -0.123. The van der Waals surface area contributed by atoms with Gasteiger partial charge in [0.05, 0.1) is 19.1 Å². The first-order valence-corrected chi connectivity index (χ1v) is 16.0. The molecule has 3 N–H and O–H groups in total. The van der Waals surface area contributed by atoms with E-state index in [1.165, 1.54) is 4.90 Å². The van der Waals surface area contributed by atoms with Gasteiger partial charge >= 0.3 is 0 Å². The van der Waals surface area contributed by atoms with Gasteiger partial charge in [-0.05, 0) is 49.4 Å². The van der Waals surface area contributed by atoms with Gasteiger partial charge in [-0.25, -0.2) is 9.67 Å². The van der Waals surface area contributed by atoms with Crippen molar-refractivity contribution in [3.8, 4) is 17.1 Å². The van der Waals surface area contributed by atoms with Gasteiger partial charge < -0.3 is 25.3 Å². The number of aryl methyl sites for hydroxylation is 1. The lowest BCUT2D eigenvalue weighted by Crippen LogP contribution is -2.46. The van der Waals surface area contributed by atoms with Crippen molar-refractivity contribution in [2.24, 2.45) is 5.92 Å². The molecule has 2 bridgehead atoms. The summed E-state index contributed by atoms with van der Waals surface area (Å²) in [6, 6.07) is 16.0. The number of hydrogen-bond donors (Lipinski definition) is 3. The summed E-state index contributed by atoms with van der Waals surface area (Å²) in [6.07, 6.45) is 1.84. The number of ether oxygens (including phenoxy) is 1. The molecule has 2 aromatic heterocycles. The molecule has 0 radical (unpaired) electrons. The van der Waals surface area contributed by atoms with E-state index in [4.69, 9.17) is 14.8 Å². The molecule has 0 saturated heterocycles. The van der Waals surface area contributed by atoms with E-state index >= 15 is 0 Å². The molecular weight excluding hydrogens is 598 g/mol. The molecule has 3 amide bonds. The molecule has 12 heteroatoms.